The van der Waals surface area contributed by atoms with Crippen molar-refractivity contribution in [1.82, 2.24) is 20.2 Å². The number of hydrogen-bond donors (Lipinski definition) is 4. The Morgan fingerprint density at radius 3 is 2.49 bits per heavy atom. The van der Waals surface area contributed by atoms with Gasteiger partial charge in [0.05, 0.1) is 16.8 Å². The van der Waals surface area contributed by atoms with Gasteiger partial charge in [-0.2, -0.15) is 4.98 Å². The Morgan fingerprint density at radius 2 is 1.68 bits per heavy atom. The Bertz CT molecular complexity index is 1450. The lowest BCUT2D eigenvalue weighted by atomic mass is 10.0. The third kappa shape index (κ3) is 5.68. The van der Waals surface area contributed by atoms with Gasteiger partial charge in [0, 0.05) is 22.7 Å². The fraction of sp³-hybridized carbons (Fsp3) is 0.214. The van der Waals surface area contributed by atoms with E-state index in [9.17, 15) is 9.59 Å². The molecule has 0 saturated carbocycles. The van der Waals surface area contributed by atoms with Gasteiger partial charge in [-0.25, -0.2) is 4.98 Å². The largest absolute Gasteiger partial charge is 0.366 e. The number of hydrogen-bond acceptors (Lipinski definition) is 7. The number of rotatable bonds is 7. The second-order valence-corrected chi connectivity index (χ2v) is 9.20. The number of likely N-dealkylation sites (tertiary alicyclic amines) is 1. The highest BCUT2D eigenvalue weighted by atomic mass is 16.2. The van der Waals surface area contributed by atoms with E-state index in [0.29, 0.717) is 34.3 Å². The van der Waals surface area contributed by atoms with Crippen LogP contribution < -0.4 is 21.7 Å². The summed E-state index contributed by atoms with van der Waals surface area (Å²) in [5.74, 6) is 0.252. The number of benzene rings is 3. The average Bonchev–Trinajstić information content (AvgIpc) is 2.90. The van der Waals surface area contributed by atoms with Gasteiger partial charge in [-0.3, -0.25) is 9.59 Å². The van der Waals surface area contributed by atoms with E-state index in [1.54, 1.807) is 30.3 Å². The summed E-state index contributed by atoms with van der Waals surface area (Å²) in [6.07, 6.45) is 1.89. The molecule has 37 heavy (non-hydrogen) atoms. The number of nitrogens with zero attached hydrogens (tertiary/aromatic N) is 3. The lowest BCUT2D eigenvalue weighted by Crippen LogP contribution is -2.43. The molecule has 5 rings (SSSR count). The van der Waals surface area contributed by atoms with Crippen molar-refractivity contribution in [1.29, 1.82) is 0 Å². The number of amides is 2. The van der Waals surface area contributed by atoms with Gasteiger partial charge in [0.1, 0.15) is 5.82 Å². The zero-order chi connectivity index (χ0) is 25.8. The highest BCUT2D eigenvalue weighted by Gasteiger charge is 2.19. The summed E-state index contributed by atoms with van der Waals surface area (Å²) >= 11 is 0. The quantitative estimate of drug-likeness (QED) is 0.305. The summed E-state index contributed by atoms with van der Waals surface area (Å²) in [6, 6.07) is 22.1. The summed E-state index contributed by atoms with van der Waals surface area (Å²) in [5, 5.41) is 10.4. The van der Waals surface area contributed by atoms with Crippen LogP contribution in [-0.4, -0.2) is 52.9 Å². The van der Waals surface area contributed by atoms with Gasteiger partial charge in [-0.1, -0.05) is 30.3 Å². The predicted octanol–water partition coefficient (Wildman–Crippen LogP) is 4.04. The van der Waals surface area contributed by atoms with Crippen LogP contribution >= 0.6 is 0 Å². The van der Waals surface area contributed by atoms with Crippen LogP contribution in [0.4, 0.5) is 23.1 Å². The van der Waals surface area contributed by atoms with Crippen molar-refractivity contribution in [2.45, 2.75) is 18.9 Å². The molecule has 2 amide bonds. The van der Waals surface area contributed by atoms with Gasteiger partial charge >= 0.3 is 0 Å². The highest BCUT2D eigenvalue weighted by Crippen LogP contribution is 2.28. The van der Waals surface area contributed by atoms with E-state index in [4.69, 9.17) is 5.73 Å². The third-order valence-electron chi connectivity index (χ3n) is 6.48. The van der Waals surface area contributed by atoms with Crippen molar-refractivity contribution in [3.63, 3.8) is 0 Å². The van der Waals surface area contributed by atoms with Crippen molar-refractivity contribution in [2.24, 2.45) is 5.73 Å². The fourth-order valence-corrected chi connectivity index (χ4v) is 4.45. The van der Waals surface area contributed by atoms with E-state index in [1.807, 2.05) is 42.5 Å². The molecule has 0 unspecified atom stereocenters. The van der Waals surface area contributed by atoms with E-state index in [1.165, 1.54) is 0 Å². The first-order chi connectivity index (χ1) is 18.0. The first kappa shape index (κ1) is 24.2. The number of nitrogens with one attached hydrogen (secondary N) is 3. The van der Waals surface area contributed by atoms with Crippen LogP contribution in [0.3, 0.4) is 0 Å². The Labute approximate surface area is 215 Å². The number of primary amides is 1. The van der Waals surface area contributed by atoms with Gasteiger partial charge in [-0.05, 0) is 75.4 Å². The maximum Gasteiger partial charge on any atom is 0.251 e. The Morgan fingerprint density at radius 1 is 0.919 bits per heavy atom. The van der Waals surface area contributed by atoms with E-state index in [2.05, 4.69) is 37.9 Å². The molecule has 0 radical (unpaired) electrons. The Hall–Kier alpha value is -4.50. The molecule has 1 aliphatic rings. The summed E-state index contributed by atoms with van der Waals surface area (Å²) < 4.78 is 0. The first-order valence-electron chi connectivity index (χ1n) is 12.3. The smallest absolute Gasteiger partial charge is 0.251 e. The van der Waals surface area contributed by atoms with Crippen molar-refractivity contribution in [2.75, 3.05) is 30.8 Å². The number of aromatic nitrogens is 2. The number of carbonyl (C=O) groups excluding carboxylic acids is 2. The lowest BCUT2D eigenvalue weighted by molar-refractivity contribution is 0.0916. The number of nitrogens with two attached hydrogens (primary N) is 1. The molecular formula is C28H29N7O2. The molecule has 1 fully saturated rings. The second kappa shape index (κ2) is 10.6. The first-order valence-corrected chi connectivity index (χ1v) is 12.3. The van der Waals surface area contributed by atoms with Gasteiger partial charge in [0.2, 0.25) is 5.95 Å². The third-order valence-corrected chi connectivity index (χ3v) is 6.48. The topological polar surface area (TPSA) is 125 Å². The van der Waals surface area contributed by atoms with Crippen LogP contribution in [0.2, 0.25) is 0 Å². The second-order valence-electron chi connectivity index (χ2n) is 9.20. The zero-order valence-corrected chi connectivity index (χ0v) is 20.6. The van der Waals surface area contributed by atoms with E-state index in [0.717, 1.165) is 36.8 Å². The molecule has 4 aromatic rings. The number of para-hydroxylation sites is 2. The maximum absolute atomic E-state index is 12.9. The summed E-state index contributed by atoms with van der Waals surface area (Å²) in [7, 11) is 2.10. The molecule has 5 N–H and O–H groups in total. The molecule has 0 bridgehead atoms. The summed E-state index contributed by atoms with van der Waals surface area (Å²) in [6.45, 7) is 1.96. The maximum atomic E-state index is 12.9. The van der Waals surface area contributed by atoms with Gasteiger partial charge in [0.25, 0.3) is 11.8 Å². The zero-order valence-electron chi connectivity index (χ0n) is 20.6. The summed E-state index contributed by atoms with van der Waals surface area (Å²) in [5.41, 5.74) is 8.45. The predicted molar refractivity (Wildman–Crippen MR) is 145 cm³/mol. The monoisotopic (exact) mass is 495 g/mol. The number of carbonyl (C=O) groups is 2. The minimum Gasteiger partial charge on any atom is -0.366 e. The van der Waals surface area contributed by atoms with Gasteiger partial charge < -0.3 is 26.6 Å². The molecule has 9 nitrogen and oxygen atoms in total. The summed E-state index contributed by atoms with van der Waals surface area (Å²) in [4.78, 5) is 36.4. The van der Waals surface area contributed by atoms with Gasteiger partial charge in [-0.15, -0.1) is 0 Å². The van der Waals surface area contributed by atoms with Crippen molar-refractivity contribution < 1.29 is 9.59 Å². The minimum atomic E-state index is -0.532. The molecular weight excluding hydrogens is 466 g/mol. The van der Waals surface area contributed by atoms with Crippen molar-refractivity contribution in [3.8, 4) is 0 Å². The molecule has 0 aliphatic carbocycles. The molecule has 2 heterocycles. The number of anilines is 4. The molecule has 3 aromatic carbocycles. The van der Waals surface area contributed by atoms with Crippen LogP contribution in [0.25, 0.3) is 10.9 Å². The van der Waals surface area contributed by atoms with Crippen molar-refractivity contribution in [3.05, 3.63) is 83.9 Å². The minimum absolute atomic E-state index is 0.0944. The molecule has 0 atom stereocenters. The van der Waals surface area contributed by atoms with Crippen molar-refractivity contribution >= 4 is 45.9 Å². The average molecular weight is 496 g/mol. The Kier molecular flexibility index (Phi) is 6.96. The van der Waals surface area contributed by atoms with Gasteiger partial charge in [0.15, 0.2) is 0 Å². The van der Waals surface area contributed by atoms with Crippen LogP contribution in [0.1, 0.15) is 33.6 Å². The molecule has 188 valence electrons. The van der Waals surface area contributed by atoms with E-state index < -0.39 is 5.91 Å². The lowest BCUT2D eigenvalue weighted by Gasteiger charge is -2.29. The highest BCUT2D eigenvalue weighted by molar-refractivity contribution is 6.01. The molecule has 1 saturated heterocycles. The number of piperidine rings is 1. The number of fused-ring (bicyclic) bond motifs is 1. The molecule has 1 aromatic heterocycles. The van der Waals surface area contributed by atoms with E-state index in [-0.39, 0.29) is 11.9 Å². The van der Waals surface area contributed by atoms with Crippen LogP contribution in [-0.2, 0) is 0 Å². The Balaban J connectivity index is 1.39. The van der Waals surface area contributed by atoms with E-state index >= 15 is 0 Å². The molecule has 1 aliphatic heterocycles. The van der Waals surface area contributed by atoms with Crippen LogP contribution in [0.15, 0.2) is 72.8 Å². The molecule has 0 spiro atoms. The van der Waals surface area contributed by atoms with Crippen LogP contribution in [0.5, 0.6) is 0 Å². The van der Waals surface area contributed by atoms with Crippen LogP contribution in [0, 0.1) is 0 Å². The molecule has 9 heteroatoms. The SMILES string of the molecule is CN1CCC(NC(=O)c2cccc(Nc3nc(Nc4ccccc4C(N)=O)c4ccccc4n3)c2)CC1. The standard InChI is InChI=1S/C28H29N7O2/c1-35-15-13-19(14-16-35)30-27(37)18-7-6-8-20(17-18)31-28-33-24-12-5-3-10-22(24)26(34-28)32-23-11-4-2-9-21(23)25(29)36/h2-12,17,19H,13-16H2,1H3,(H2,29,36)(H,30,37)(H2,31,32,33,34). The fourth-order valence-electron chi connectivity index (χ4n) is 4.45. The normalized spacial score (nSPS) is 14.3.